The summed E-state index contributed by atoms with van der Waals surface area (Å²) in [6.45, 7) is 5.60. The van der Waals surface area contributed by atoms with E-state index in [1.165, 1.54) is 5.56 Å². The number of piperazine rings is 1. The maximum atomic E-state index is 12.5. The third-order valence-corrected chi connectivity index (χ3v) is 4.90. The number of amides is 1. The summed E-state index contributed by atoms with van der Waals surface area (Å²) in [5.41, 5.74) is 2.32. The Hall–Kier alpha value is -2.04. The van der Waals surface area contributed by atoms with Crippen molar-refractivity contribution in [2.45, 2.75) is 13.0 Å². The molecule has 2 aromatic carbocycles. The highest BCUT2D eigenvalue weighted by Gasteiger charge is 2.21. The van der Waals surface area contributed by atoms with Gasteiger partial charge in [0.25, 0.3) is 0 Å². The second-order valence-electron chi connectivity index (χ2n) is 6.36. The number of carbonyl (C=O) groups is 1. The smallest absolute Gasteiger partial charge is 0.236 e. The van der Waals surface area contributed by atoms with Crippen molar-refractivity contribution in [2.75, 3.05) is 37.6 Å². The maximum Gasteiger partial charge on any atom is 0.236 e. The molecule has 0 unspecified atom stereocenters. The second kappa shape index (κ2) is 8.37. The minimum Gasteiger partial charge on any atom is -0.368 e. The highest BCUT2D eigenvalue weighted by Crippen LogP contribution is 2.20. The first-order chi connectivity index (χ1) is 12.1. The molecular weight excluding hydrogens is 334 g/mol. The lowest BCUT2D eigenvalue weighted by Gasteiger charge is -2.36. The molecule has 0 bridgehead atoms. The van der Waals surface area contributed by atoms with Crippen LogP contribution in [-0.2, 0) is 4.79 Å². The normalized spacial score (nSPS) is 15.9. The Morgan fingerprint density at radius 1 is 1.08 bits per heavy atom. The predicted molar refractivity (Wildman–Crippen MR) is 103 cm³/mol. The van der Waals surface area contributed by atoms with E-state index < -0.39 is 0 Å². The molecule has 1 amide bonds. The van der Waals surface area contributed by atoms with Gasteiger partial charge in [-0.25, -0.2) is 0 Å². The van der Waals surface area contributed by atoms with Gasteiger partial charge >= 0.3 is 0 Å². The highest BCUT2D eigenvalue weighted by molar-refractivity contribution is 6.30. The Balaban J connectivity index is 1.47. The van der Waals surface area contributed by atoms with Crippen LogP contribution in [0.4, 0.5) is 5.69 Å². The van der Waals surface area contributed by atoms with Gasteiger partial charge in [0.15, 0.2) is 0 Å². The topological polar surface area (TPSA) is 35.6 Å². The van der Waals surface area contributed by atoms with Crippen molar-refractivity contribution in [3.63, 3.8) is 0 Å². The highest BCUT2D eigenvalue weighted by atomic mass is 35.5. The summed E-state index contributed by atoms with van der Waals surface area (Å²) in [5, 5.41) is 4.07. The average Bonchev–Trinajstić information content (AvgIpc) is 2.66. The fourth-order valence-electron chi connectivity index (χ4n) is 3.10. The maximum absolute atomic E-state index is 12.5. The Kier molecular flexibility index (Phi) is 5.95. The minimum atomic E-state index is 0.161. The number of halogens is 1. The molecule has 1 aliphatic rings. The van der Waals surface area contributed by atoms with E-state index in [0.717, 1.165) is 36.9 Å². The van der Waals surface area contributed by atoms with Gasteiger partial charge in [0.2, 0.25) is 5.91 Å². The molecule has 0 aromatic heterocycles. The third kappa shape index (κ3) is 4.74. The first kappa shape index (κ1) is 17.8. The molecule has 3 rings (SSSR count). The van der Waals surface area contributed by atoms with E-state index in [2.05, 4.69) is 35.3 Å². The van der Waals surface area contributed by atoms with Crippen LogP contribution < -0.4 is 10.2 Å². The van der Waals surface area contributed by atoms with Gasteiger partial charge in [-0.3, -0.25) is 4.79 Å². The van der Waals surface area contributed by atoms with Gasteiger partial charge in [-0.2, -0.15) is 0 Å². The molecule has 1 saturated heterocycles. The van der Waals surface area contributed by atoms with Crippen LogP contribution in [0.1, 0.15) is 18.5 Å². The molecule has 0 spiro atoms. The molecular formula is C20H24ClN3O. The Morgan fingerprint density at radius 3 is 2.48 bits per heavy atom. The zero-order valence-corrected chi connectivity index (χ0v) is 15.2. The standard InChI is InChI=1S/C20H24ClN3O/c1-16(17-6-3-2-4-7-17)22-15-20(25)24-12-10-23(11-13-24)19-9-5-8-18(21)14-19/h2-9,14,16,22H,10-13,15H2,1H3/t16-/m0/s1. The second-order valence-corrected chi connectivity index (χ2v) is 6.80. The van der Waals surface area contributed by atoms with Gasteiger partial charge in [0.05, 0.1) is 6.54 Å². The monoisotopic (exact) mass is 357 g/mol. The van der Waals surface area contributed by atoms with Crippen LogP contribution in [0.5, 0.6) is 0 Å². The molecule has 0 aliphatic carbocycles. The van der Waals surface area contributed by atoms with Crippen LogP contribution in [0.25, 0.3) is 0 Å². The number of carbonyl (C=O) groups excluding carboxylic acids is 1. The van der Waals surface area contributed by atoms with E-state index in [0.29, 0.717) is 6.54 Å². The first-order valence-electron chi connectivity index (χ1n) is 8.70. The van der Waals surface area contributed by atoms with Gasteiger partial charge in [0.1, 0.15) is 0 Å². The minimum absolute atomic E-state index is 0.161. The van der Waals surface area contributed by atoms with Crippen LogP contribution in [0.15, 0.2) is 54.6 Å². The quantitative estimate of drug-likeness (QED) is 0.891. The van der Waals surface area contributed by atoms with Crippen molar-refractivity contribution in [3.8, 4) is 0 Å². The van der Waals surface area contributed by atoms with Gasteiger partial charge < -0.3 is 15.1 Å². The zero-order chi connectivity index (χ0) is 17.6. The fourth-order valence-corrected chi connectivity index (χ4v) is 3.28. The molecule has 1 fully saturated rings. The van der Waals surface area contributed by atoms with E-state index >= 15 is 0 Å². The lowest BCUT2D eigenvalue weighted by molar-refractivity contribution is -0.130. The molecule has 1 aliphatic heterocycles. The van der Waals surface area contributed by atoms with E-state index in [9.17, 15) is 4.79 Å². The molecule has 0 radical (unpaired) electrons. The third-order valence-electron chi connectivity index (χ3n) is 4.66. The van der Waals surface area contributed by atoms with Crippen LogP contribution in [-0.4, -0.2) is 43.5 Å². The molecule has 4 nitrogen and oxygen atoms in total. The van der Waals surface area contributed by atoms with Crippen molar-refractivity contribution in [2.24, 2.45) is 0 Å². The van der Waals surface area contributed by atoms with Crippen molar-refractivity contribution < 1.29 is 4.79 Å². The number of anilines is 1. The first-order valence-corrected chi connectivity index (χ1v) is 9.08. The molecule has 132 valence electrons. The molecule has 25 heavy (non-hydrogen) atoms. The number of hydrogen-bond donors (Lipinski definition) is 1. The van der Waals surface area contributed by atoms with Crippen LogP contribution >= 0.6 is 11.6 Å². The molecule has 1 N–H and O–H groups in total. The van der Waals surface area contributed by atoms with Crippen LogP contribution in [0.3, 0.4) is 0 Å². The summed E-state index contributed by atoms with van der Waals surface area (Å²) in [7, 11) is 0. The van der Waals surface area contributed by atoms with Crippen molar-refractivity contribution in [1.82, 2.24) is 10.2 Å². The summed E-state index contributed by atoms with van der Waals surface area (Å²) in [5.74, 6) is 0.161. The summed E-state index contributed by atoms with van der Waals surface area (Å²) < 4.78 is 0. The zero-order valence-electron chi connectivity index (χ0n) is 14.5. The summed E-state index contributed by atoms with van der Waals surface area (Å²) >= 11 is 6.07. The number of rotatable bonds is 5. The van der Waals surface area contributed by atoms with Gasteiger partial charge in [-0.15, -0.1) is 0 Å². The van der Waals surface area contributed by atoms with Gasteiger partial charge in [-0.1, -0.05) is 48.0 Å². The number of benzene rings is 2. The van der Waals surface area contributed by atoms with Crippen LogP contribution in [0, 0.1) is 0 Å². The van der Waals surface area contributed by atoms with E-state index in [-0.39, 0.29) is 11.9 Å². The van der Waals surface area contributed by atoms with Crippen molar-refractivity contribution >= 4 is 23.2 Å². The molecule has 5 heteroatoms. The molecule has 1 heterocycles. The number of hydrogen-bond acceptors (Lipinski definition) is 3. The Labute approximate surface area is 154 Å². The Morgan fingerprint density at radius 2 is 1.80 bits per heavy atom. The SMILES string of the molecule is C[C@H](NCC(=O)N1CCN(c2cccc(Cl)c2)CC1)c1ccccc1. The number of nitrogens with one attached hydrogen (secondary N) is 1. The molecule has 1 atom stereocenters. The van der Waals surface area contributed by atoms with Crippen LogP contribution in [0.2, 0.25) is 5.02 Å². The van der Waals surface area contributed by atoms with E-state index in [4.69, 9.17) is 11.6 Å². The largest absolute Gasteiger partial charge is 0.368 e. The van der Waals surface area contributed by atoms with E-state index in [1.54, 1.807) is 0 Å². The summed E-state index contributed by atoms with van der Waals surface area (Å²) in [6.07, 6.45) is 0. The van der Waals surface area contributed by atoms with Gasteiger partial charge in [-0.05, 0) is 30.7 Å². The lowest BCUT2D eigenvalue weighted by atomic mass is 10.1. The fraction of sp³-hybridized carbons (Fsp3) is 0.350. The van der Waals surface area contributed by atoms with E-state index in [1.807, 2.05) is 41.3 Å². The van der Waals surface area contributed by atoms with Crippen molar-refractivity contribution in [3.05, 3.63) is 65.2 Å². The molecule has 2 aromatic rings. The molecule has 0 saturated carbocycles. The Bertz CT molecular complexity index is 699. The predicted octanol–water partition coefficient (Wildman–Crippen LogP) is 3.34. The number of nitrogens with zero attached hydrogens (tertiary/aromatic N) is 2. The van der Waals surface area contributed by atoms with Crippen molar-refractivity contribution in [1.29, 1.82) is 0 Å². The van der Waals surface area contributed by atoms with Gasteiger partial charge in [0, 0.05) is 42.9 Å². The summed E-state index contributed by atoms with van der Waals surface area (Å²) in [4.78, 5) is 16.7. The summed E-state index contributed by atoms with van der Waals surface area (Å²) in [6, 6.07) is 18.2. The average molecular weight is 358 g/mol. The lowest BCUT2D eigenvalue weighted by Crippen LogP contribution is -2.51.